The van der Waals surface area contributed by atoms with Gasteiger partial charge in [-0.05, 0) is 19.0 Å². The number of rotatable bonds is 4. The third-order valence-electron chi connectivity index (χ3n) is 3.03. The van der Waals surface area contributed by atoms with Crippen LogP contribution in [0.3, 0.4) is 0 Å². The Morgan fingerprint density at radius 3 is 3.00 bits per heavy atom. The molecule has 1 aliphatic rings. The molecule has 16 heavy (non-hydrogen) atoms. The zero-order valence-corrected chi connectivity index (χ0v) is 9.65. The Bertz CT molecular complexity index is 340. The molecule has 2 unspecified atom stereocenters. The SMILES string of the molecule is CCCNC1c2ccccc2OCC1CO. The topological polar surface area (TPSA) is 41.5 Å². The van der Waals surface area contributed by atoms with Crippen molar-refractivity contribution in [2.75, 3.05) is 19.8 Å². The van der Waals surface area contributed by atoms with Crippen molar-refractivity contribution in [1.82, 2.24) is 5.32 Å². The molecule has 1 aliphatic heterocycles. The third-order valence-corrected chi connectivity index (χ3v) is 3.03. The number of hydrogen-bond donors (Lipinski definition) is 2. The number of para-hydroxylation sites is 1. The Labute approximate surface area is 96.4 Å². The summed E-state index contributed by atoms with van der Waals surface area (Å²) in [6.45, 7) is 3.87. The molecule has 0 saturated heterocycles. The first-order valence-electron chi connectivity index (χ1n) is 5.92. The average Bonchev–Trinajstić information content (AvgIpc) is 2.35. The zero-order valence-electron chi connectivity index (χ0n) is 9.65. The molecule has 2 N–H and O–H groups in total. The zero-order chi connectivity index (χ0) is 11.4. The number of hydrogen-bond acceptors (Lipinski definition) is 3. The summed E-state index contributed by atoms with van der Waals surface area (Å²) in [7, 11) is 0. The van der Waals surface area contributed by atoms with Crippen LogP contribution in [0, 0.1) is 5.92 Å². The summed E-state index contributed by atoms with van der Waals surface area (Å²) in [6, 6.07) is 8.28. The van der Waals surface area contributed by atoms with Gasteiger partial charge in [-0.15, -0.1) is 0 Å². The number of fused-ring (bicyclic) bond motifs is 1. The van der Waals surface area contributed by atoms with Crippen LogP contribution in [0.25, 0.3) is 0 Å². The predicted molar refractivity (Wildman–Crippen MR) is 63.5 cm³/mol. The molecule has 0 amide bonds. The highest BCUT2D eigenvalue weighted by molar-refractivity contribution is 5.38. The summed E-state index contributed by atoms with van der Waals surface area (Å²) < 4.78 is 5.64. The predicted octanol–water partition coefficient (Wildman–Crippen LogP) is 1.73. The Morgan fingerprint density at radius 1 is 1.44 bits per heavy atom. The monoisotopic (exact) mass is 221 g/mol. The van der Waals surface area contributed by atoms with E-state index < -0.39 is 0 Å². The molecule has 1 aromatic rings. The van der Waals surface area contributed by atoms with E-state index in [2.05, 4.69) is 18.3 Å². The first-order valence-corrected chi connectivity index (χ1v) is 5.92. The molecule has 3 heteroatoms. The van der Waals surface area contributed by atoms with Crippen molar-refractivity contribution >= 4 is 0 Å². The van der Waals surface area contributed by atoms with E-state index in [9.17, 15) is 5.11 Å². The number of ether oxygens (including phenoxy) is 1. The van der Waals surface area contributed by atoms with Crippen LogP contribution in [0.5, 0.6) is 5.75 Å². The van der Waals surface area contributed by atoms with Gasteiger partial charge in [0.15, 0.2) is 0 Å². The van der Waals surface area contributed by atoms with E-state index in [4.69, 9.17) is 4.74 Å². The van der Waals surface area contributed by atoms with Crippen LogP contribution in [0.1, 0.15) is 24.9 Å². The van der Waals surface area contributed by atoms with Gasteiger partial charge in [-0.1, -0.05) is 25.1 Å². The molecule has 0 bridgehead atoms. The van der Waals surface area contributed by atoms with Crippen LogP contribution in [0.15, 0.2) is 24.3 Å². The standard InChI is InChI=1S/C13H19NO2/c1-2-7-14-13-10(8-15)9-16-12-6-4-3-5-11(12)13/h3-6,10,13-15H,2,7-9H2,1H3. The smallest absolute Gasteiger partial charge is 0.124 e. The lowest BCUT2D eigenvalue weighted by atomic mass is 9.91. The fourth-order valence-corrected chi connectivity index (χ4v) is 2.15. The van der Waals surface area contributed by atoms with Crippen molar-refractivity contribution in [1.29, 1.82) is 0 Å². The molecule has 88 valence electrons. The quantitative estimate of drug-likeness (QED) is 0.813. The molecule has 2 atom stereocenters. The molecule has 0 radical (unpaired) electrons. The van der Waals surface area contributed by atoms with Gasteiger partial charge in [0.2, 0.25) is 0 Å². The van der Waals surface area contributed by atoms with E-state index in [0.717, 1.165) is 18.7 Å². The molecule has 2 rings (SSSR count). The van der Waals surface area contributed by atoms with E-state index in [1.807, 2.05) is 18.2 Å². The van der Waals surface area contributed by atoms with Crippen molar-refractivity contribution in [2.45, 2.75) is 19.4 Å². The van der Waals surface area contributed by atoms with Gasteiger partial charge < -0.3 is 15.2 Å². The highest BCUT2D eigenvalue weighted by atomic mass is 16.5. The molecule has 3 nitrogen and oxygen atoms in total. The van der Waals surface area contributed by atoms with Gasteiger partial charge in [-0.3, -0.25) is 0 Å². The molecule has 0 aliphatic carbocycles. The van der Waals surface area contributed by atoms with Crippen molar-refractivity contribution in [3.63, 3.8) is 0 Å². The van der Waals surface area contributed by atoms with Gasteiger partial charge >= 0.3 is 0 Å². The summed E-state index contributed by atoms with van der Waals surface area (Å²) in [5.41, 5.74) is 1.17. The molecule has 0 fully saturated rings. The van der Waals surface area contributed by atoms with Crippen molar-refractivity contribution < 1.29 is 9.84 Å². The summed E-state index contributed by atoms with van der Waals surface area (Å²) >= 11 is 0. The van der Waals surface area contributed by atoms with Gasteiger partial charge in [0.25, 0.3) is 0 Å². The lowest BCUT2D eigenvalue weighted by molar-refractivity contribution is 0.111. The van der Waals surface area contributed by atoms with Gasteiger partial charge in [0, 0.05) is 17.5 Å². The minimum absolute atomic E-state index is 0.154. The van der Waals surface area contributed by atoms with E-state index in [1.54, 1.807) is 0 Å². The van der Waals surface area contributed by atoms with Crippen LogP contribution in [-0.2, 0) is 0 Å². The Kier molecular flexibility index (Phi) is 3.80. The molecule has 0 aromatic heterocycles. The van der Waals surface area contributed by atoms with Crippen molar-refractivity contribution in [3.05, 3.63) is 29.8 Å². The highest BCUT2D eigenvalue weighted by Gasteiger charge is 2.29. The first kappa shape index (κ1) is 11.4. The molecule has 1 heterocycles. The van der Waals surface area contributed by atoms with Gasteiger partial charge in [0.05, 0.1) is 13.2 Å². The number of benzene rings is 1. The normalized spacial score (nSPS) is 23.6. The van der Waals surface area contributed by atoms with E-state index in [1.165, 1.54) is 5.56 Å². The van der Waals surface area contributed by atoms with Gasteiger partial charge in [0.1, 0.15) is 5.75 Å². The number of aliphatic hydroxyl groups excluding tert-OH is 1. The second-order valence-corrected chi connectivity index (χ2v) is 4.22. The molecule has 0 saturated carbocycles. The summed E-state index contributed by atoms with van der Waals surface area (Å²) in [5, 5.41) is 12.9. The minimum atomic E-state index is 0.154. The Hall–Kier alpha value is -1.06. The maximum absolute atomic E-state index is 9.37. The Balaban J connectivity index is 2.22. The minimum Gasteiger partial charge on any atom is -0.493 e. The van der Waals surface area contributed by atoms with Crippen LogP contribution in [0.4, 0.5) is 0 Å². The fourth-order valence-electron chi connectivity index (χ4n) is 2.15. The van der Waals surface area contributed by atoms with Crippen LogP contribution in [-0.4, -0.2) is 24.9 Å². The first-order chi connectivity index (χ1) is 7.86. The maximum atomic E-state index is 9.37. The Morgan fingerprint density at radius 2 is 2.25 bits per heavy atom. The number of nitrogens with one attached hydrogen (secondary N) is 1. The summed E-state index contributed by atoms with van der Waals surface area (Å²) in [4.78, 5) is 0. The van der Waals surface area contributed by atoms with Crippen molar-refractivity contribution in [3.8, 4) is 5.75 Å². The number of aliphatic hydroxyl groups is 1. The van der Waals surface area contributed by atoms with Gasteiger partial charge in [-0.2, -0.15) is 0 Å². The lowest BCUT2D eigenvalue weighted by Crippen LogP contribution is -2.37. The second-order valence-electron chi connectivity index (χ2n) is 4.22. The third kappa shape index (κ3) is 2.20. The highest BCUT2D eigenvalue weighted by Crippen LogP contribution is 2.34. The molecule has 1 aromatic carbocycles. The molecular weight excluding hydrogens is 202 g/mol. The average molecular weight is 221 g/mol. The molecular formula is C13H19NO2. The largest absolute Gasteiger partial charge is 0.493 e. The molecule has 0 spiro atoms. The van der Waals surface area contributed by atoms with Crippen LogP contribution < -0.4 is 10.1 Å². The van der Waals surface area contributed by atoms with E-state index in [-0.39, 0.29) is 18.6 Å². The maximum Gasteiger partial charge on any atom is 0.124 e. The van der Waals surface area contributed by atoms with Crippen molar-refractivity contribution in [2.24, 2.45) is 5.92 Å². The van der Waals surface area contributed by atoms with E-state index >= 15 is 0 Å². The fraction of sp³-hybridized carbons (Fsp3) is 0.538. The van der Waals surface area contributed by atoms with E-state index in [0.29, 0.717) is 6.61 Å². The van der Waals surface area contributed by atoms with Crippen LogP contribution in [0.2, 0.25) is 0 Å². The van der Waals surface area contributed by atoms with Gasteiger partial charge in [-0.25, -0.2) is 0 Å². The lowest BCUT2D eigenvalue weighted by Gasteiger charge is -2.33. The second kappa shape index (κ2) is 5.32. The summed E-state index contributed by atoms with van der Waals surface area (Å²) in [5.74, 6) is 1.10. The van der Waals surface area contributed by atoms with Crippen LogP contribution >= 0.6 is 0 Å². The summed E-state index contributed by atoms with van der Waals surface area (Å²) in [6.07, 6.45) is 1.09.